The van der Waals surface area contributed by atoms with E-state index in [4.69, 9.17) is 0 Å². The van der Waals surface area contributed by atoms with Gasteiger partial charge in [0.25, 0.3) is 0 Å². The molecule has 2 aliphatic heterocycles. The van der Waals surface area contributed by atoms with Crippen LogP contribution in [0.15, 0.2) is 12.2 Å². The van der Waals surface area contributed by atoms with Gasteiger partial charge in [-0.15, -0.1) is 0 Å². The van der Waals surface area contributed by atoms with Crippen molar-refractivity contribution < 1.29 is 24.1 Å². The van der Waals surface area contributed by atoms with Crippen LogP contribution in [0.4, 0.5) is 4.39 Å². The summed E-state index contributed by atoms with van der Waals surface area (Å²) in [6.07, 6.45) is 8.67. The van der Waals surface area contributed by atoms with Crippen molar-refractivity contribution in [1.82, 2.24) is 5.32 Å². The van der Waals surface area contributed by atoms with E-state index < -0.39 is 24.3 Å². The highest BCUT2D eigenvalue weighted by Gasteiger charge is 2.53. The molecule has 0 aromatic heterocycles. The van der Waals surface area contributed by atoms with Crippen LogP contribution >= 0.6 is 11.8 Å². The van der Waals surface area contributed by atoms with E-state index in [1.54, 1.807) is 0 Å². The Labute approximate surface area is 195 Å². The minimum absolute atomic E-state index is 0.107. The van der Waals surface area contributed by atoms with Crippen LogP contribution in [-0.4, -0.2) is 64.3 Å². The van der Waals surface area contributed by atoms with Gasteiger partial charge in [0.15, 0.2) is 0 Å². The van der Waals surface area contributed by atoms with E-state index in [1.165, 1.54) is 26.4 Å². The van der Waals surface area contributed by atoms with E-state index >= 15 is 0 Å². The number of hydrogen-bond donors (Lipinski definition) is 3. The zero-order valence-corrected chi connectivity index (χ0v) is 20.2. The summed E-state index contributed by atoms with van der Waals surface area (Å²) in [5, 5.41) is 25.8. The fraction of sp³-hybridized carbons (Fsp3) is 0.880. The number of carbonyl (C=O) groups is 1. The second-order valence-corrected chi connectivity index (χ2v) is 12.2. The van der Waals surface area contributed by atoms with Crippen LogP contribution in [0.5, 0.6) is 0 Å². The second-order valence-electron chi connectivity index (χ2n) is 10.6. The van der Waals surface area contributed by atoms with Gasteiger partial charge in [0, 0.05) is 29.0 Å². The fourth-order valence-electron chi connectivity index (χ4n) is 6.42. The molecular formula is C25H40FNO4S. The van der Waals surface area contributed by atoms with Gasteiger partial charge in [0.2, 0.25) is 0 Å². The molecule has 3 N–H and O–H groups in total. The van der Waals surface area contributed by atoms with E-state index in [2.05, 4.69) is 34.8 Å². The van der Waals surface area contributed by atoms with Gasteiger partial charge in [0.05, 0.1) is 25.7 Å². The van der Waals surface area contributed by atoms with Crippen LogP contribution in [0.1, 0.15) is 64.7 Å². The molecule has 0 spiro atoms. The first-order valence-electron chi connectivity index (χ1n) is 12.5. The van der Waals surface area contributed by atoms with Gasteiger partial charge < -0.3 is 20.3 Å². The number of nitrogens with one attached hydrogen (secondary N) is 1. The molecule has 2 heterocycles. The van der Waals surface area contributed by atoms with Gasteiger partial charge in [-0.2, -0.15) is 11.8 Å². The number of aliphatic hydroxyl groups is 2. The summed E-state index contributed by atoms with van der Waals surface area (Å²) in [6.45, 7) is 2.32. The first kappa shape index (κ1) is 24.5. The first-order chi connectivity index (χ1) is 15.4. The smallest absolute Gasteiger partial charge is 0.308 e. The van der Waals surface area contributed by atoms with E-state index in [0.29, 0.717) is 59.1 Å². The summed E-state index contributed by atoms with van der Waals surface area (Å²) >= 11 is 2.10. The minimum Gasteiger partial charge on any atom is -0.469 e. The number of halogens is 1. The normalized spacial score (nSPS) is 41.9. The van der Waals surface area contributed by atoms with Gasteiger partial charge in [-0.25, -0.2) is 4.39 Å². The molecule has 182 valence electrons. The van der Waals surface area contributed by atoms with Crippen LogP contribution < -0.4 is 5.32 Å². The van der Waals surface area contributed by atoms with Gasteiger partial charge >= 0.3 is 5.97 Å². The molecule has 0 aromatic rings. The molecule has 6 unspecified atom stereocenters. The molecule has 0 bridgehead atoms. The molecule has 4 rings (SSSR count). The molecule has 0 amide bonds. The summed E-state index contributed by atoms with van der Waals surface area (Å²) < 4.78 is 18.5. The Morgan fingerprint density at radius 1 is 1.19 bits per heavy atom. The van der Waals surface area contributed by atoms with Gasteiger partial charge in [0.1, 0.15) is 6.17 Å². The molecule has 7 heteroatoms. The number of aliphatic hydroxyl groups excluding tert-OH is 2. The zero-order chi connectivity index (χ0) is 22.8. The van der Waals surface area contributed by atoms with Crippen LogP contribution in [0.3, 0.4) is 0 Å². The number of hydrogen-bond acceptors (Lipinski definition) is 6. The highest BCUT2D eigenvalue weighted by atomic mass is 32.2. The van der Waals surface area contributed by atoms with Crippen LogP contribution in [0, 0.1) is 23.7 Å². The molecule has 4 aliphatic rings. The van der Waals surface area contributed by atoms with Crippen molar-refractivity contribution in [3.8, 4) is 0 Å². The summed E-state index contributed by atoms with van der Waals surface area (Å²) in [7, 11) is 1.30. The number of methoxy groups -OCH3 is 1. The van der Waals surface area contributed by atoms with E-state index in [0.717, 1.165) is 12.8 Å². The van der Waals surface area contributed by atoms with Crippen molar-refractivity contribution in [2.24, 2.45) is 23.7 Å². The summed E-state index contributed by atoms with van der Waals surface area (Å²) in [5.74, 6) is 1.56. The highest BCUT2D eigenvalue weighted by Crippen LogP contribution is 2.53. The van der Waals surface area contributed by atoms with E-state index in [1.807, 2.05) is 6.08 Å². The Kier molecular flexibility index (Phi) is 8.23. The van der Waals surface area contributed by atoms with Gasteiger partial charge in [-0.1, -0.05) is 19.1 Å². The Balaban J connectivity index is 1.50. The Hall–Kier alpha value is -0.630. The largest absolute Gasteiger partial charge is 0.469 e. The summed E-state index contributed by atoms with van der Waals surface area (Å²) in [6, 6.07) is 0.948. The number of rotatable bonds is 8. The Bertz CT molecular complexity index is 666. The highest BCUT2D eigenvalue weighted by molar-refractivity contribution is 8.00. The van der Waals surface area contributed by atoms with Crippen LogP contribution in [-0.2, 0) is 9.53 Å². The number of ether oxygens (including phenoxy) is 1. The number of thioether (sulfide) groups is 1. The van der Waals surface area contributed by atoms with E-state index in [-0.39, 0.29) is 12.8 Å². The molecule has 2 aliphatic carbocycles. The fourth-order valence-corrected chi connectivity index (χ4v) is 8.24. The third kappa shape index (κ3) is 5.89. The van der Waals surface area contributed by atoms with Gasteiger partial charge in [-0.3, -0.25) is 4.79 Å². The first-order valence-corrected chi connectivity index (χ1v) is 13.5. The summed E-state index contributed by atoms with van der Waals surface area (Å²) in [4.78, 5) is 11.4. The summed E-state index contributed by atoms with van der Waals surface area (Å²) in [5.41, 5.74) is 0. The lowest BCUT2D eigenvalue weighted by Gasteiger charge is -2.49. The number of carbonyl (C=O) groups excluding carboxylic acids is 1. The number of alkyl halides is 1. The average molecular weight is 470 g/mol. The second kappa shape index (κ2) is 10.7. The number of esters is 1. The van der Waals surface area contributed by atoms with Crippen molar-refractivity contribution in [1.29, 1.82) is 0 Å². The van der Waals surface area contributed by atoms with Crippen molar-refractivity contribution in [3.05, 3.63) is 12.2 Å². The third-order valence-corrected chi connectivity index (χ3v) is 9.71. The van der Waals surface area contributed by atoms with Crippen LogP contribution in [0.2, 0.25) is 0 Å². The SMILES string of the molecule is COC(=O)C[C@H](O)C[C@H](O)/C=C/C1C(C2CC2)NC2CC(C)SC2C1C1CCC(F)CC1. The maximum absolute atomic E-state index is 13.9. The molecular weight excluding hydrogens is 429 g/mol. The lowest BCUT2D eigenvalue weighted by molar-refractivity contribution is -0.143. The zero-order valence-electron chi connectivity index (χ0n) is 19.4. The van der Waals surface area contributed by atoms with Crippen LogP contribution in [0.25, 0.3) is 0 Å². The van der Waals surface area contributed by atoms with Crippen molar-refractivity contribution in [2.75, 3.05) is 7.11 Å². The number of piperidine rings is 1. The predicted octanol–water partition coefficient (Wildman–Crippen LogP) is 3.62. The topological polar surface area (TPSA) is 78.8 Å². The molecule has 2 saturated heterocycles. The van der Waals surface area contributed by atoms with Gasteiger partial charge in [-0.05, 0) is 68.6 Å². The Morgan fingerprint density at radius 2 is 1.88 bits per heavy atom. The standard InChI is InChI=1S/C25H40FNO4S/c1-14-11-21-25(32-14)23(15-5-7-17(26)8-6-15)20(24(27-21)16-3-4-16)10-9-18(28)12-19(29)13-22(30)31-2/h9-10,14-21,23-25,27-29H,3-8,11-13H2,1-2H3/b10-9+/t14?,15?,17?,18-,19-,20?,21?,23?,24?,25?/m1/s1. The molecule has 0 radical (unpaired) electrons. The number of fused-ring (bicyclic) bond motifs is 1. The maximum Gasteiger partial charge on any atom is 0.308 e. The minimum atomic E-state index is -0.919. The predicted molar refractivity (Wildman–Crippen MR) is 125 cm³/mol. The maximum atomic E-state index is 13.9. The average Bonchev–Trinajstić information content (AvgIpc) is 3.53. The molecule has 32 heavy (non-hydrogen) atoms. The third-order valence-electron chi connectivity index (χ3n) is 8.09. The molecule has 5 nitrogen and oxygen atoms in total. The lowest BCUT2D eigenvalue weighted by Crippen LogP contribution is -2.59. The molecule has 4 fully saturated rings. The van der Waals surface area contributed by atoms with Crippen molar-refractivity contribution in [3.63, 3.8) is 0 Å². The quantitative estimate of drug-likeness (QED) is 0.372. The molecule has 0 aromatic carbocycles. The molecule has 2 saturated carbocycles. The Morgan fingerprint density at radius 3 is 2.53 bits per heavy atom. The lowest BCUT2D eigenvalue weighted by atomic mass is 9.65. The molecule has 8 atom stereocenters. The van der Waals surface area contributed by atoms with Crippen molar-refractivity contribution >= 4 is 17.7 Å². The monoisotopic (exact) mass is 469 g/mol. The van der Waals surface area contributed by atoms with E-state index in [9.17, 15) is 19.4 Å². The van der Waals surface area contributed by atoms with Crippen molar-refractivity contribution in [2.45, 2.75) is 106 Å².